The van der Waals surface area contributed by atoms with Crippen LogP contribution in [0.15, 0.2) is 70.6 Å². The number of carbonyl (C=O) groups excluding carboxylic acids is 1. The molecule has 0 saturated carbocycles. The van der Waals surface area contributed by atoms with E-state index in [-0.39, 0.29) is 29.8 Å². The molecule has 3 aromatic rings. The first kappa shape index (κ1) is 25.7. The molecule has 0 radical (unpaired) electrons. The Morgan fingerprint density at radius 2 is 1.73 bits per heavy atom. The van der Waals surface area contributed by atoms with Gasteiger partial charge in [-0.05, 0) is 72.8 Å². The zero-order valence-corrected chi connectivity index (χ0v) is 20.6. The van der Waals surface area contributed by atoms with Gasteiger partial charge in [0.15, 0.2) is 16.7 Å². The molecule has 1 aliphatic heterocycles. The van der Waals surface area contributed by atoms with Gasteiger partial charge in [-0.25, -0.2) is 4.99 Å². The minimum atomic E-state index is -0.763. The number of aliphatic imine (C=N–C) groups is 1. The number of benzene rings is 3. The van der Waals surface area contributed by atoms with Gasteiger partial charge in [0, 0.05) is 11.1 Å². The van der Waals surface area contributed by atoms with Crippen molar-refractivity contribution in [3.05, 3.63) is 96.4 Å². The Kier molecular flexibility index (Phi) is 7.70. The Bertz CT molecular complexity index is 1460. The molecule has 0 spiro atoms. The third-order valence-corrected chi connectivity index (χ3v) is 6.01. The summed E-state index contributed by atoms with van der Waals surface area (Å²) in [5.74, 6) is -0.0774. The highest BCUT2D eigenvalue weighted by Gasteiger charge is 2.25. The van der Waals surface area contributed by atoms with Gasteiger partial charge in [-0.2, -0.15) is 0 Å². The highest BCUT2D eigenvalue weighted by Crippen LogP contribution is 2.39. The standard InChI is InChI=1S/C24H17ClN4O7S/c1-2-35-21-11-14(12-22-23(30)27-24(37-22)26-16-6-4-15(25)5-7-16)3-9-20(21)36-19-10-8-17(28(31)32)13-18(19)29(33)34/h3-13H,2H2,1H3,(H,26,27,30)/b22-12-. The number of hydrogen-bond donors (Lipinski definition) is 1. The molecule has 1 N–H and O–H groups in total. The van der Waals surface area contributed by atoms with E-state index in [0.717, 1.165) is 30.0 Å². The number of hydrogen-bond acceptors (Lipinski definition) is 9. The van der Waals surface area contributed by atoms with Crippen molar-refractivity contribution in [2.45, 2.75) is 6.92 Å². The number of nitrogens with one attached hydrogen (secondary N) is 1. The fourth-order valence-electron chi connectivity index (χ4n) is 3.20. The number of nitrogens with zero attached hydrogens (tertiary/aromatic N) is 3. The minimum absolute atomic E-state index is 0.162. The number of nitro groups is 2. The molecule has 1 aliphatic rings. The number of rotatable bonds is 8. The largest absolute Gasteiger partial charge is 0.490 e. The van der Waals surface area contributed by atoms with E-state index in [2.05, 4.69) is 10.3 Å². The predicted octanol–water partition coefficient (Wildman–Crippen LogP) is 6.24. The van der Waals surface area contributed by atoms with Crippen molar-refractivity contribution in [2.75, 3.05) is 6.61 Å². The monoisotopic (exact) mass is 540 g/mol. The van der Waals surface area contributed by atoms with Crippen LogP contribution in [-0.2, 0) is 4.79 Å². The summed E-state index contributed by atoms with van der Waals surface area (Å²) in [5.41, 5.74) is 0.250. The van der Waals surface area contributed by atoms with Crippen molar-refractivity contribution in [3.8, 4) is 17.2 Å². The van der Waals surface area contributed by atoms with Crippen LogP contribution in [0.5, 0.6) is 17.2 Å². The van der Waals surface area contributed by atoms with Gasteiger partial charge < -0.3 is 14.8 Å². The second-order valence-electron chi connectivity index (χ2n) is 7.37. The molecule has 1 heterocycles. The lowest BCUT2D eigenvalue weighted by Crippen LogP contribution is -2.19. The molecule has 1 fully saturated rings. The Labute approximate surface area is 219 Å². The SMILES string of the molecule is CCOc1cc(/C=C2\SC(=Nc3ccc(Cl)cc3)NC2=O)ccc1Oc1ccc([N+](=O)[O-])cc1[N+](=O)[O-]. The van der Waals surface area contributed by atoms with Gasteiger partial charge in [-0.15, -0.1) is 0 Å². The Morgan fingerprint density at radius 1 is 1.00 bits per heavy atom. The maximum atomic E-state index is 12.5. The maximum absolute atomic E-state index is 12.5. The maximum Gasteiger partial charge on any atom is 0.318 e. The molecule has 4 rings (SSSR count). The number of halogens is 1. The summed E-state index contributed by atoms with van der Waals surface area (Å²) >= 11 is 7.05. The van der Waals surface area contributed by atoms with E-state index in [4.69, 9.17) is 21.1 Å². The van der Waals surface area contributed by atoms with Crippen LogP contribution in [0.25, 0.3) is 6.08 Å². The molecular formula is C24H17ClN4O7S. The van der Waals surface area contributed by atoms with Gasteiger partial charge in [-0.3, -0.25) is 25.0 Å². The van der Waals surface area contributed by atoms with E-state index < -0.39 is 21.2 Å². The van der Waals surface area contributed by atoms with Gasteiger partial charge >= 0.3 is 5.69 Å². The normalized spacial score (nSPS) is 15.0. The number of nitro benzene ring substituents is 2. The van der Waals surface area contributed by atoms with Crippen LogP contribution in [-0.4, -0.2) is 27.5 Å². The lowest BCUT2D eigenvalue weighted by atomic mass is 10.2. The number of non-ortho nitro benzene ring substituents is 1. The summed E-state index contributed by atoms with van der Waals surface area (Å²) in [6.07, 6.45) is 1.64. The topological polar surface area (TPSA) is 146 Å². The van der Waals surface area contributed by atoms with E-state index in [1.807, 2.05) is 0 Å². The highest BCUT2D eigenvalue weighted by atomic mass is 35.5. The number of ether oxygens (including phenoxy) is 2. The molecule has 188 valence electrons. The molecular weight excluding hydrogens is 524 g/mol. The molecule has 0 bridgehead atoms. The van der Waals surface area contributed by atoms with E-state index in [9.17, 15) is 25.0 Å². The summed E-state index contributed by atoms with van der Waals surface area (Å²) in [7, 11) is 0. The summed E-state index contributed by atoms with van der Waals surface area (Å²) in [6, 6.07) is 14.7. The van der Waals surface area contributed by atoms with Crippen LogP contribution in [0.4, 0.5) is 17.1 Å². The molecule has 0 aliphatic carbocycles. The molecule has 3 aromatic carbocycles. The zero-order chi connectivity index (χ0) is 26.5. The Balaban J connectivity index is 1.60. The van der Waals surface area contributed by atoms with Crippen molar-refractivity contribution in [3.63, 3.8) is 0 Å². The molecule has 1 amide bonds. The average molecular weight is 541 g/mol. The second kappa shape index (κ2) is 11.1. The molecule has 0 atom stereocenters. The third kappa shape index (κ3) is 6.23. The molecule has 0 aromatic heterocycles. The first-order valence-electron chi connectivity index (χ1n) is 10.7. The quantitative estimate of drug-likeness (QED) is 0.201. The van der Waals surface area contributed by atoms with Crippen molar-refractivity contribution >= 4 is 57.6 Å². The van der Waals surface area contributed by atoms with Crippen LogP contribution >= 0.6 is 23.4 Å². The van der Waals surface area contributed by atoms with Gasteiger partial charge in [0.05, 0.1) is 33.1 Å². The first-order valence-corrected chi connectivity index (χ1v) is 11.9. The molecule has 0 unspecified atom stereocenters. The Morgan fingerprint density at radius 3 is 2.41 bits per heavy atom. The molecule has 1 saturated heterocycles. The van der Waals surface area contributed by atoms with Crippen LogP contribution in [0.3, 0.4) is 0 Å². The van der Waals surface area contributed by atoms with E-state index in [1.165, 1.54) is 6.07 Å². The van der Waals surface area contributed by atoms with Crippen molar-refractivity contribution < 1.29 is 24.1 Å². The van der Waals surface area contributed by atoms with Gasteiger partial charge in [0.25, 0.3) is 11.6 Å². The van der Waals surface area contributed by atoms with E-state index in [0.29, 0.717) is 26.3 Å². The van der Waals surface area contributed by atoms with Crippen LogP contribution in [0, 0.1) is 20.2 Å². The number of thioether (sulfide) groups is 1. The molecule has 11 nitrogen and oxygen atoms in total. The molecule has 37 heavy (non-hydrogen) atoms. The van der Waals surface area contributed by atoms with Gasteiger partial charge in [-0.1, -0.05) is 17.7 Å². The van der Waals surface area contributed by atoms with Crippen LogP contribution in [0.2, 0.25) is 5.02 Å². The van der Waals surface area contributed by atoms with Crippen molar-refractivity contribution in [1.82, 2.24) is 5.32 Å². The van der Waals surface area contributed by atoms with Crippen LogP contribution < -0.4 is 14.8 Å². The van der Waals surface area contributed by atoms with Crippen molar-refractivity contribution in [2.24, 2.45) is 4.99 Å². The molecule has 13 heteroatoms. The Hall–Kier alpha value is -4.42. The number of carbonyl (C=O) groups is 1. The first-order chi connectivity index (χ1) is 17.7. The predicted molar refractivity (Wildman–Crippen MR) is 140 cm³/mol. The minimum Gasteiger partial charge on any atom is -0.490 e. The smallest absolute Gasteiger partial charge is 0.318 e. The summed E-state index contributed by atoms with van der Waals surface area (Å²) in [4.78, 5) is 38.2. The fraction of sp³-hybridized carbons (Fsp3) is 0.0833. The summed E-state index contributed by atoms with van der Waals surface area (Å²) in [5, 5.41) is 26.1. The van der Waals surface area contributed by atoms with Gasteiger partial charge in [0.2, 0.25) is 5.75 Å². The van der Waals surface area contributed by atoms with E-state index >= 15 is 0 Å². The number of amidine groups is 1. The second-order valence-corrected chi connectivity index (χ2v) is 8.83. The lowest BCUT2D eigenvalue weighted by Gasteiger charge is -2.12. The highest BCUT2D eigenvalue weighted by molar-refractivity contribution is 8.18. The van der Waals surface area contributed by atoms with Gasteiger partial charge in [0.1, 0.15) is 0 Å². The van der Waals surface area contributed by atoms with E-state index in [1.54, 1.807) is 49.4 Å². The lowest BCUT2D eigenvalue weighted by molar-refractivity contribution is -0.394. The fourth-order valence-corrected chi connectivity index (χ4v) is 4.17. The van der Waals surface area contributed by atoms with Crippen LogP contribution in [0.1, 0.15) is 12.5 Å². The average Bonchev–Trinajstić information content (AvgIpc) is 3.20. The summed E-state index contributed by atoms with van der Waals surface area (Å²) in [6.45, 7) is 2.02. The zero-order valence-electron chi connectivity index (χ0n) is 19.0. The van der Waals surface area contributed by atoms with Crippen molar-refractivity contribution in [1.29, 1.82) is 0 Å². The number of amides is 1. The summed E-state index contributed by atoms with van der Waals surface area (Å²) < 4.78 is 11.3. The third-order valence-electron chi connectivity index (χ3n) is 4.84.